The summed E-state index contributed by atoms with van der Waals surface area (Å²) in [6, 6.07) is 11.4. The first-order chi connectivity index (χ1) is 16.8. The predicted molar refractivity (Wildman–Crippen MR) is 136 cm³/mol. The van der Waals surface area contributed by atoms with Crippen LogP contribution in [-0.2, 0) is 21.4 Å². The van der Waals surface area contributed by atoms with Crippen LogP contribution in [0, 0.1) is 11.7 Å². The third-order valence-corrected chi connectivity index (χ3v) is 10.5. The number of amides is 1. The molecule has 0 bridgehead atoms. The summed E-state index contributed by atoms with van der Waals surface area (Å²) in [4.78, 5) is 23.7. The number of piperidine rings is 1. The van der Waals surface area contributed by atoms with Crippen molar-refractivity contribution in [1.29, 1.82) is 0 Å². The molecule has 4 heterocycles. The van der Waals surface area contributed by atoms with Crippen LogP contribution in [-0.4, -0.2) is 41.7 Å². The Morgan fingerprint density at radius 2 is 1.86 bits per heavy atom. The Hall–Kier alpha value is -2.44. The number of hydrogen-bond acceptors (Lipinski definition) is 7. The van der Waals surface area contributed by atoms with Crippen LogP contribution in [0.5, 0.6) is 0 Å². The molecule has 0 unspecified atom stereocenters. The van der Waals surface area contributed by atoms with E-state index >= 15 is 0 Å². The maximum atomic E-state index is 14.3. The number of thiazole rings is 1. The maximum Gasteiger partial charge on any atom is 0.252 e. The molecule has 1 amide bonds. The molecule has 1 aromatic carbocycles. The topological polar surface area (TPSA) is 83.5 Å². The lowest BCUT2D eigenvalue weighted by Gasteiger charge is -2.32. The first kappa shape index (κ1) is 24.3. The standard InChI is InChI=1S/C23H20ClFN4O3S3/c24-19-4-5-20(34-19)35(31,32)28-12-8-16(9-13-28)22(30)29(14-15-6-10-26-11-7-15)23-27-21-17(25)2-1-3-18(21)33-23/h1-7,10-11,16H,8-9,12-14H2. The maximum absolute atomic E-state index is 14.3. The van der Waals surface area contributed by atoms with Gasteiger partial charge in [0.05, 0.1) is 15.6 Å². The molecule has 1 aliphatic heterocycles. The van der Waals surface area contributed by atoms with E-state index in [0.29, 0.717) is 27.0 Å². The number of rotatable bonds is 6. The van der Waals surface area contributed by atoms with Crippen LogP contribution >= 0.6 is 34.3 Å². The molecule has 182 valence electrons. The van der Waals surface area contributed by atoms with Gasteiger partial charge in [-0.15, -0.1) is 11.3 Å². The number of carbonyl (C=O) groups is 1. The molecule has 7 nitrogen and oxygen atoms in total. The average Bonchev–Trinajstić information content (AvgIpc) is 3.50. The molecule has 0 atom stereocenters. The molecule has 1 fully saturated rings. The highest BCUT2D eigenvalue weighted by Crippen LogP contribution is 2.35. The molecule has 0 spiro atoms. The van der Waals surface area contributed by atoms with Gasteiger partial charge in [0.1, 0.15) is 15.5 Å². The number of halogens is 2. The second-order valence-electron chi connectivity index (χ2n) is 8.10. The number of fused-ring (bicyclic) bond motifs is 1. The third kappa shape index (κ3) is 4.96. The zero-order chi connectivity index (χ0) is 24.6. The third-order valence-electron chi connectivity index (χ3n) is 5.89. The monoisotopic (exact) mass is 550 g/mol. The summed E-state index contributed by atoms with van der Waals surface area (Å²) < 4.78 is 42.8. The quantitative estimate of drug-likeness (QED) is 0.330. The highest BCUT2D eigenvalue weighted by Gasteiger charge is 2.35. The molecular formula is C23H20ClFN4O3S3. The van der Waals surface area contributed by atoms with Gasteiger partial charge in [-0.3, -0.25) is 14.7 Å². The molecule has 12 heteroatoms. The number of pyridine rings is 1. The fraction of sp³-hybridized carbons (Fsp3) is 0.261. The molecule has 5 rings (SSSR count). The van der Waals surface area contributed by atoms with Crippen molar-refractivity contribution in [3.05, 3.63) is 70.6 Å². The lowest BCUT2D eigenvalue weighted by molar-refractivity contribution is -0.123. The van der Waals surface area contributed by atoms with E-state index < -0.39 is 15.8 Å². The highest BCUT2D eigenvalue weighted by atomic mass is 35.5. The number of carbonyl (C=O) groups excluding carboxylic acids is 1. The van der Waals surface area contributed by atoms with Crippen LogP contribution in [0.3, 0.4) is 0 Å². The number of nitrogens with zero attached hydrogens (tertiary/aromatic N) is 4. The van der Waals surface area contributed by atoms with Crippen LogP contribution in [0.4, 0.5) is 9.52 Å². The van der Waals surface area contributed by atoms with Gasteiger partial charge in [0.15, 0.2) is 5.13 Å². The lowest BCUT2D eigenvalue weighted by Crippen LogP contribution is -2.44. The minimum absolute atomic E-state index is 0.155. The second-order valence-corrected chi connectivity index (χ2v) is 13.0. The van der Waals surface area contributed by atoms with Gasteiger partial charge < -0.3 is 0 Å². The van der Waals surface area contributed by atoms with E-state index in [-0.39, 0.29) is 41.2 Å². The van der Waals surface area contributed by atoms with Crippen LogP contribution in [0.25, 0.3) is 10.2 Å². The zero-order valence-corrected chi connectivity index (χ0v) is 21.5. The second kappa shape index (κ2) is 9.90. The number of sulfonamides is 1. The summed E-state index contributed by atoms with van der Waals surface area (Å²) in [7, 11) is -3.65. The number of anilines is 1. The van der Waals surface area contributed by atoms with Crippen molar-refractivity contribution in [3.63, 3.8) is 0 Å². The summed E-state index contributed by atoms with van der Waals surface area (Å²) in [5.41, 5.74) is 1.10. The van der Waals surface area contributed by atoms with Gasteiger partial charge in [0.2, 0.25) is 5.91 Å². The van der Waals surface area contributed by atoms with Gasteiger partial charge >= 0.3 is 0 Å². The van der Waals surface area contributed by atoms with Crippen LogP contribution in [0.2, 0.25) is 4.34 Å². The minimum atomic E-state index is -3.65. The SMILES string of the molecule is O=C(C1CCN(S(=O)(=O)c2ccc(Cl)s2)CC1)N(Cc1ccncc1)c1nc2c(F)cccc2s1. The summed E-state index contributed by atoms with van der Waals surface area (Å²) in [5, 5.41) is 0.412. The molecule has 1 aliphatic rings. The number of hydrogen-bond donors (Lipinski definition) is 0. The molecule has 0 saturated carbocycles. The number of benzene rings is 1. The van der Waals surface area contributed by atoms with E-state index in [2.05, 4.69) is 9.97 Å². The summed E-state index contributed by atoms with van der Waals surface area (Å²) in [5.74, 6) is -0.974. The molecule has 0 radical (unpaired) electrons. The van der Waals surface area contributed by atoms with Crippen molar-refractivity contribution >= 4 is 65.6 Å². The van der Waals surface area contributed by atoms with Crippen LogP contribution in [0.1, 0.15) is 18.4 Å². The van der Waals surface area contributed by atoms with Gasteiger partial charge in [0, 0.05) is 31.4 Å². The molecule has 0 aliphatic carbocycles. The van der Waals surface area contributed by atoms with Gasteiger partial charge in [-0.1, -0.05) is 29.0 Å². The fourth-order valence-corrected chi connectivity index (χ4v) is 8.15. The molecule has 3 aromatic heterocycles. The normalized spacial score (nSPS) is 15.5. The van der Waals surface area contributed by atoms with E-state index in [1.807, 2.05) is 12.1 Å². The Morgan fingerprint density at radius 3 is 2.51 bits per heavy atom. The first-order valence-electron chi connectivity index (χ1n) is 10.8. The summed E-state index contributed by atoms with van der Waals surface area (Å²) >= 11 is 8.20. The minimum Gasteiger partial charge on any atom is -0.283 e. The van der Waals surface area contributed by atoms with Crippen molar-refractivity contribution in [3.8, 4) is 0 Å². The largest absolute Gasteiger partial charge is 0.283 e. The van der Waals surface area contributed by atoms with Crippen molar-refractivity contribution in [2.75, 3.05) is 18.0 Å². The number of aromatic nitrogens is 2. The molecule has 0 N–H and O–H groups in total. The van der Waals surface area contributed by atoms with Crippen molar-refractivity contribution in [2.24, 2.45) is 5.92 Å². The highest BCUT2D eigenvalue weighted by molar-refractivity contribution is 7.91. The van der Waals surface area contributed by atoms with E-state index in [9.17, 15) is 17.6 Å². The van der Waals surface area contributed by atoms with Crippen molar-refractivity contribution in [2.45, 2.75) is 23.6 Å². The molecule has 1 saturated heterocycles. The van der Waals surface area contributed by atoms with Gasteiger partial charge in [-0.25, -0.2) is 17.8 Å². The fourth-order valence-electron chi connectivity index (χ4n) is 4.06. The van der Waals surface area contributed by atoms with E-state index in [0.717, 1.165) is 16.9 Å². The molecule has 4 aromatic rings. The van der Waals surface area contributed by atoms with Gasteiger partial charge in [-0.05, 0) is 54.8 Å². The Labute approximate surface area is 214 Å². The van der Waals surface area contributed by atoms with Gasteiger partial charge in [0.25, 0.3) is 10.0 Å². The zero-order valence-electron chi connectivity index (χ0n) is 18.3. The first-order valence-corrected chi connectivity index (χ1v) is 14.3. The van der Waals surface area contributed by atoms with E-state index in [4.69, 9.17) is 11.6 Å². The van der Waals surface area contributed by atoms with Crippen LogP contribution < -0.4 is 4.90 Å². The summed E-state index contributed by atoms with van der Waals surface area (Å²) in [6.45, 7) is 0.715. The molecule has 35 heavy (non-hydrogen) atoms. The Kier molecular flexibility index (Phi) is 6.86. The van der Waals surface area contributed by atoms with E-state index in [1.54, 1.807) is 35.5 Å². The van der Waals surface area contributed by atoms with Crippen LogP contribution in [0.15, 0.2) is 59.1 Å². The number of thiophene rings is 1. The Balaban J connectivity index is 1.38. The lowest BCUT2D eigenvalue weighted by atomic mass is 9.96. The smallest absolute Gasteiger partial charge is 0.252 e. The van der Waals surface area contributed by atoms with E-state index in [1.165, 1.54) is 27.8 Å². The summed E-state index contributed by atoms with van der Waals surface area (Å²) in [6.07, 6.45) is 4.05. The average molecular weight is 551 g/mol. The Morgan fingerprint density at radius 1 is 1.11 bits per heavy atom. The predicted octanol–water partition coefficient (Wildman–Crippen LogP) is 5.18. The van der Waals surface area contributed by atoms with Gasteiger partial charge in [-0.2, -0.15) is 4.31 Å². The number of para-hydroxylation sites is 1. The molecular weight excluding hydrogens is 531 g/mol. The van der Waals surface area contributed by atoms with Crippen molar-refractivity contribution < 1.29 is 17.6 Å². The van der Waals surface area contributed by atoms with Crippen molar-refractivity contribution in [1.82, 2.24) is 14.3 Å². The Bertz CT molecular complexity index is 1470.